The van der Waals surface area contributed by atoms with Crippen LogP contribution in [0.1, 0.15) is 25.5 Å². The van der Waals surface area contributed by atoms with Crippen molar-refractivity contribution in [1.29, 1.82) is 0 Å². The zero-order valence-corrected chi connectivity index (χ0v) is 13.9. The van der Waals surface area contributed by atoms with Crippen LogP contribution in [0.2, 0.25) is 0 Å². The second kappa shape index (κ2) is 7.50. The molecule has 0 aliphatic carbocycles. The molecule has 3 atom stereocenters. The van der Waals surface area contributed by atoms with Crippen LogP contribution in [0.5, 0.6) is 0 Å². The van der Waals surface area contributed by atoms with Gasteiger partial charge in [-0.3, -0.25) is 14.4 Å². The molecule has 0 saturated carbocycles. The van der Waals surface area contributed by atoms with E-state index in [0.717, 1.165) is 5.56 Å². The lowest BCUT2D eigenvalue weighted by molar-refractivity contribution is -0.143. The molecule has 0 unspecified atom stereocenters. The maximum absolute atomic E-state index is 12.6. The molecule has 2 rings (SSSR count). The highest BCUT2D eigenvalue weighted by Crippen LogP contribution is 2.25. The summed E-state index contributed by atoms with van der Waals surface area (Å²) in [5, 5.41) is 12.1. The number of carbonyl (C=O) groups excluding carboxylic acids is 2. The van der Waals surface area contributed by atoms with Gasteiger partial charge in [-0.05, 0) is 12.5 Å². The van der Waals surface area contributed by atoms with Gasteiger partial charge in [-0.1, -0.05) is 30.3 Å². The van der Waals surface area contributed by atoms with Crippen molar-refractivity contribution in [1.82, 2.24) is 10.2 Å². The Morgan fingerprint density at radius 1 is 1.30 bits per heavy atom. The summed E-state index contributed by atoms with van der Waals surface area (Å²) in [6.45, 7) is 2.99. The van der Waals surface area contributed by atoms with Crippen LogP contribution in [0.15, 0.2) is 30.3 Å². The Morgan fingerprint density at radius 3 is 2.52 bits per heavy atom. The summed E-state index contributed by atoms with van der Waals surface area (Å²) in [4.78, 5) is 37.0. The highest BCUT2D eigenvalue weighted by atomic mass is 32.2. The molecule has 1 aromatic rings. The summed E-state index contributed by atoms with van der Waals surface area (Å²) in [6, 6.07) is 7.82. The average molecular weight is 336 g/mol. The van der Waals surface area contributed by atoms with Crippen molar-refractivity contribution < 1.29 is 19.5 Å². The van der Waals surface area contributed by atoms with Gasteiger partial charge in [-0.15, -0.1) is 11.8 Å². The number of carbonyl (C=O) groups is 3. The Kier molecular flexibility index (Phi) is 5.65. The van der Waals surface area contributed by atoms with Crippen molar-refractivity contribution >= 4 is 29.5 Å². The molecule has 23 heavy (non-hydrogen) atoms. The summed E-state index contributed by atoms with van der Waals surface area (Å²) in [6.07, 6.45) is 0. The summed E-state index contributed by atoms with van der Waals surface area (Å²) in [7, 11) is 0. The predicted molar refractivity (Wildman–Crippen MR) is 87.8 cm³/mol. The smallest absolute Gasteiger partial charge is 0.308 e. The quantitative estimate of drug-likeness (QED) is 0.851. The molecule has 6 nitrogen and oxygen atoms in total. The van der Waals surface area contributed by atoms with Crippen molar-refractivity contribution in [2.75, 3.05) is 11.6 Å². The lowest BCUT2D eigenvalue weighted by Gasteiger charge is -2.27. The topological polar surface area (TPSA) is 86.7 Å². The monoisotopic (exact) mass is 336 g/mol. The molecule has 1 aliphatic rings. The summed E-state index contributed by atoms with van der Waals surface area (Å²) >= 11 is 1.51. The van der Waals surface area contributed by atoms with Gasteiger partial charge in [0, 0.05) is 12.7 Å². The zero-order valence-electron chi connectivity index (χ0n) is 13.1. The molecule has 0 bridgehead atoms. The average Bonchev–Trinajstić information content (AvgIpc) is 3.02. The van der Waals surface area contributed by atoms with Gasteiger partial charge in [0.1, 0.15) is 6.04 Å². The van der Waals surface area contributed by atoms with E-state index >= 15 is 0 Å². The number of nitrogens with zero attached hydrogens (tertiary/aromatic N) is 1. The molecule has 1 fully saturated rings. The molecule has 1 aliphatic heterocycles. The number of hydrogen-bond acceptors (Lipinski definition) is 4. The lowest BCUT2D eigenvalue weighted by Crippen LogP contribution is -2.48. The molecule has 1 saturated heterocycles. The van der Waals surface area contributed by atoms with E-state index in [1.54, 1.807) is 31.2 Å². The SMILES string of the molecule is CC(=O)N1CSC[C@@H]1C(=O)N[C@H](c1ccccc1)[C@@H](C)C(=O)O. The fraction of sp³-hybridized carbons (Fsp3) is 0.438. The number of rotatable bonds is 5. The molecule has 1 aromatic carbocycles. The van der Waals surface area contributed by atoms with E-state index in [4.69, 9.17) is 0 Å². The Bertz CT molecular complexity index is 593. The van der Waals surface area contributed by atoms with Crippen LogP contribution >= 0.6 is 11.8 Å². The van der Waals surface area contributed by atoms with Gasteiger partial charge in [0.15, 0.2) is 0 Å². The number of carboxylic acid groups (broad SMARTS) is 1. The van der Waals surface area contributed by atoms with Crippen molar-refractivity contribution in [3.8, 4) is 0 Å². The fourth-order valence-electron chi connectivity index (χ4n) is 2.52. The number of nitrogens with one attached hydrogen (secondary N) is 1. The van der Waals surface area contributed by atoms with Gasteiger partial charge in [-0.2, -0.15) is 0 Å². The van der Waals surface area contributed by atoms with E-state index in [1.807, 2.05) is 6.07 Å². The molecule has 7 heteroatoms. The van der Waals surface area contributed by atoms with Crippen molar-refractivity contribution in [2.24, 2.45) is 5.92 Å². The van der Waals surface area contributed by atoms with Crippen molar-refractivity contribution in [3.63, 3.8) is 0 Å². The van der Waals surface area contributed by atoms with Gasteiger partial charge in [0.25, 0.3) is 0 Å². The third-order valence-corrected chi connectivity index (χ3v) is 4.95. The van der Waals surface area contributed by atoms with Gasteiger partial charge in [0.05, 0.1) is 17.8 Å². The van der Waals surface area contributed by atoms with E-state index in [9.17, 15) is 19.5 Å². The molecule has 0 aromatic heterocycles. The number of benzene rings is 1. The minimum atomic E-state index is -0.983. The van der Waals surface area contributed by atoms with Crippen LogP contribution in [-0.4, -0.2) is 45.5 Å². The number of thioether (sulfide) groups is 1. The molecular formula is C16H20N2O4S. The second-order valence-electron chi connectivity index (χ2n) is 5.53. The van der Waals surface area contributed by atoms with Crippen LogP contribution in [0, 0.1) is 5.92 Å². The Morgan fingerprint density at radius 2 is 1.96 bits per heavy atom. The maximum atomic E-state index is 12.6. The third kappa shape index (κ3) is 4.04. The molecular weight excluding hydrogens is 316 g/mol. The first kappa shape index (κ1) is 17.3. The van der Waals surface area contributed by atoms with E-state index in [1.165, 1.54) is 23.6 Å². The van der Waals surface area contributed by atoms with Crippen LogP contribution in [0.3, 0.4) is 0 Å². The molecule has 2 amide bonds. The highest BCUT2D eigenvalue weighted by Gasteiger charge is 2.35. The van der Waals surface area contributed by atoms with Crippen LogP contribution in [0.25, 0.3) is 0 Å². The van der Waals surface area contributed by atoms with E-state index in [0.29, 0.717) is 11.6 Å². The normalized spacial score (nSPS) is 19.9. The van der Waals surface area contributed by atoms with Gasteiger partial charge < -0.3 is 15.3 Å². The Labute approximate surface area is 139 Å². The number of hydrogen-bond donors (Lipinski definition) is 2. The van der Waals surface area contributed by atoms with E-state index < -0.39 is 24.0 Å². The minimum Gasteiger partial charge on any atom is -0.481 e. The molecule has 124 valence electrons. The summed E-state index contributed by atoms with van der Waals surface area (Å²) in [5.41, 5.74) is 0.732. The van der Waals surface area contributed by atoms with Crippen LogP contribution in [0.4, 0.5) is 0 Å². The number of carboxylic acids is 1. The fourth-order valence-corrected chi connectivity index (χ4v) is 3.74. The maximum Gasteiger partial charge on any atom is 0.308 e. The lowest BCUT2D eigenvalue weighted by atomic mass is 9.94. The Hall–Kier alpha value is -2.02. The highest BCUT2D eigenvalue weighted by molar-refractivity contribution is 7.99. The van der Waals surface area contributed by atoms with Gasteiger partial charge in [0.2, 0.25) is 11.8 Å². The molecule has 1 heterocycles. The zero-order chi connectivity index (χ0) is 17.0. The van der Waals surface area contributed by atoms with Crippen molar-refractivity contribution in [2.45, 2.75) is 25.9 Å². The standard InChI is InChI=1S/C16H20N2O4S/c1-10(16(21)22)14(12-6-4-3-5-7-12)17-15(20)13-8-23-9-18(13)11(2)19/h3-7,10,13-14H,8-9H2,1-2H3,(H,17,20)(H,21,22)/t10-,13-,14+/m1/s1. The predicted octanol–water partition coefficient (Wildman–Crippen LogP) is 1.49. The third-order valence-electron chi connectivity index (χ3n) is 3.94. The first-order valence-electron chi connectivity index (χ1n) is 7.35. The van der Waals surface area contributed by atoms with Gasteiger partial charge in [-0.25, -0.2) is 0 Å². The van der Waals surface area contributed by atoms with Gasteiger partial charge >= 0.3 is 5.97 Å². The first-order chi connectivity index (χ1) is 10.9. The second-order valence-corrected chi connectivity index (χ2v) is 6.53. The number of aliphatic carboxylic acids is 1. The molecule has 0 radical (unpaired) electrons. The first-order valence-corrected chi connectivity index (χ1v) is 8.50. The van der Waals surface area contributed by atoms with Crippen LogP contribution < -0.4 is 5.32 Å². The minimum absolute atomic E-state index is 0.155. The van der Waals surface area contributed by atoms with E-state index in [-0.39, 0.29) is 11.8 Å². The number of amides is 2. The molecule has 2 N–H and O–H groups in total. The summed E-state index contributed by atoms with van der Waals surface area (Å²) < 4.78 is 0. The van der Waals surface area contributed by atoms with Crippen LogP contribution in [-0.2, 0) is 14.4 Å². The van der Waals surface area contributed by atoms with Crippen molar-refractivity contribution in [3.05, 3.63) is 35.9 Å². The largest absolute Gasteiger partial charge is 0.481 e. The van der Waals surface area contributed by atoms with E-state index in [2.05, 4.69) is 5.32 Å². The Balaban J connectivity index is 2.19. The summed E-state index contributed by atoms with van der Waals surface area (Å²) in [5.74, 6) is -1.22. The molecule has 0 spiro atoms.